The van der Waals surface area contributed by atoms with Crippen LogP contribution >= 0.6 is 15.9 Å². The molecule has 0 atom stereocenters. The van der Waals surface area contributed by atoms with Crippen LogP contribution in [0.3, 0.4) is 0 Å². The van der Waals surface area contributed by atoms with Gasteiger partial charge in [0.25, 0.3) is 0 Å². The summed E-state index contributed by atoms with van der Waals surface area (Å²) in [6.07, 6.45) is 23.9. The molecule has 0 amide bonds. The van der Waals surface area contributed by atoms with Crippen molar-refractivity contribution < 1.29 is 0 Å². The van der Waals surface area contributed by atoms with Crippen LogP contribution in [-0.4, -0.2) is 5.33 Å². The summed E-state index contributed by atoms with van der Waals surface area (Å²) in [6.45, 7) is 2.26. The highest BCUT2D eigenvalue weighted by Crippen LogP contribution is 2.07. The van der Waals surface area contributed by atoms with Crippen LogP contribution in [0.4, 0.5) is 0 Å². The van der Waals surface area contributed by atoms with Gasteiger partial charge in [-0.2, -0.15) is 0 Å². The first-order valence-electron chi connectivity index (χ1n) is 7.77. The van der Waals surface area contributed by atoms with Crippen LogP contribution < -0.4 is 0 Å². The number of alkyl halides is 1. The topological polar surface area (TPSA) is 0 Å². The first-order chi connectivity index (χ1) is 8.91. The molecule has 0 saturated heterocycles. The zero-order valence-electron chi connectivity index (χ0n) is 12.2. The van der Waals surface area contributed by atoms with Gasteiger partial charge in [0.2, 0.25) is 0 Å². The van der Waals surface area contributed by atoms with Crippen LogP contribution in [0.5, 0.6) is 0 Å². The minimum absolute atomic E-state index is 1.12. The Bertz CT molecular complexity index is 194. The number of rotatable bonds is 13. The van der Waals surface area contributed by atoms with E-state index in [0.29, 0.717) is 0 Å². The fourth-order valence-corrected chi connectivity index (χ4v) is 2.30. The van der Waals surface area contributed by atoms with Gasteiger partial charge in [0, 0.05) is 5.33 Å². The van der Waals surface area contributed by atoms with Crippen molar-refractivity contribution in [2.75, 3.05) is 5.33 Å². The standard InChI is InChI=1S/C17H31Br/c1-2-3-4-5-6-7-8-9-10-11-12-13-14-15-16-17-18/h6-7,9-10H,2-5,8,11-17H2,1H3/b7-6+,10-9+. The Morgan fingerprint density at radius 1 is 0.667 bits per heavy atom. The molecule has 0 rings (SSSR count). The molecule has 0 aromatic carbocycles. The van der Waals surface area contributed by atoms with Crippen molar-refractivity contribution in [2.45, 2.75) is 77.6 Å². The second-order valence-corrected chi connectivity index (χ2v) is 5.71. The Kier molecular flexibility index (Phi) is 16.9. The van der Waals surface area contributed by atoms with Crippen molar-refractivity contribution in [1.29, 1.82) is 0 Å². The first-order valence-corrected chi connectivity index (χ1v) is 8.90. The molecule has 0 nitrogen and oxygen atoms in total. The number of hydrogen-bond donors (Lipinski definition) is 0. The van der Waals surface area contributed by atoms with Crippen molar-refractivity contribution in [2.24, 2.45) is 0 Å². The SMILES string of the molecule is CCCCC/C=C/C/C=C/CCCCCCCBr. The van der Waals surface area contributed by atoms with E-state index in [1.165, 1.54) is 64.2 Å². The van der Waals surface area contributed by atoms with Gasteiger partial charge in [-0.25, -0.2) is 0 Å². The maximum Gasteiger partial charge on any atom is 0.00313 e. The number of allylic oxidation sites excluding steroid dienone is 4. The van der Waals surface area contributed by atoms with Crippen LogP contribution in [-0.2, 0) is 0 Å². The molecule has 0 N–H and O–H groups in total. The van der Waals surface area contributed by atoms with E-state index in [1.807, 2.05) is 0 Å². The highest BCUT2D eigenvalue weighted by atomic mass is 79.9. The van der Waals surface area contributed by atoms with Gasteiger partial charge in [0.05, 0.1) is 0 Å². The van der Waals surface area contributed by atoms with Crippen LogP contribution in [0.1, 0.15) is 77.6 Å². The lowest BCUT2D eigenvalue weighted by molar-refractivity contribution is 0.641. The van der Waals surface area contributed by atoms with Gasteiger partial charge in [0.15, 0.2) is 0 Å². The summed E-state index contributed by atoms with van der Waals surface area (Å²) in [5.74, 6) is 0. The minimum Gasteiger partial charge on any atom is -0.0928 e. The fourth-order valence-electron chi connectivity index (χ4n) is 1.91. The predicted octanol–water partition coefficient (Wildman–Crippen LogP) is 6.80. The Labute approximate surface area is 123 Å². The molecular weight excluding hydrogens is 284 g/mol. The molecule has 0 aliphatic rings. The third kappa shape index (κ3) is 16.0. The smallest absolute Gasteiger partial charge is 0.00313 e. The van der Waals surface area contributed by atoms with E-state index < -0.39 is 0 Å². The molecule has 0 saturated carbocycles. The first kappa shape index (κ1) is 18.0. The van der Waals surface area contributed by atoms with Crippen molar-refractivity contribution in [3.05, 3.63) is 24.3 Å². The Morgan fingerprint density at radius 3 is 1.83 bits per heavy atom. The lowest BCUT2D eigenvalue weighted by Crippen LogP contribution is -1.79. The van der Waals surface area contributed by atoms with Crippen LogP contribution in [0.25, 0.3) is 0 Å². The van der Waals surface area contributed by atoms with Gasteiger partial charge in [-0.1, -0.05) is 79.3 Å². The molecule has 1 heteroatoms. The molecule has 18 heavy (non-hydrogen) atoms. The molecule has 0 unspecified atom stereocenters. The normalized spacial score (nSPS) is 11.9. The lowest BCUT2D eigenvalue weighted by atomic mass is 10.1. The summed E-state index contributed by atoms with van der Waals surface area (Å²) in [4.78, 5) is 0. The van der Waals surface area contributed by atoms with Gasteiger partial charge >= 0.3 is 0 Å². The molecule has 0 aliphatic heterocycles. The Balaban J connectivity index is 3.13. The number of unbranched alkanes of at least 4 members (excludes halogenated alkanes) is 8. The van der Waals surface area contributed by atoms with E-state index in [9.17, 15) is 0 Å². The van der Waals surface area contributed by atoms with Gasteiger partial charge < -0.3 is 0 Å². The quantitative estimate of drug-likeness (QED) is 0.199. The van der Waals surface area contributed by atoms with Crippen molar-refractivity contribution >= 4 is 15.9 Å². The molecule has 106 valence electrons. The third-order valence-corrected chi connectivity index (χ3v) is 3.64. The van der Waals surface area contributed by atoms with E-state index >= 15 is 0 Å². The van der Waals surface area contributed by atoms with Gasteiger partial charge in [-0.15, -0.1) is 0 Å². The number of halogens is 1. The molecule has 0 aromatic rings. The van der Waals surface area contributed by atoms with E-state index in [2.05, 4.69) is 47.2 Å². The third-order valence-electron chi connectivity index (χ3n) is 3.08. The van der Waals surface area contributed by atoms with Crippen LogP contribution in [0.2, 0.25) is 0 Å². The number of hydrogen-bond acceptors (Lipinski definition) is 0. The van der Waals surface area contributed by atoms with E-state index in [1.54, 1.807) is 0 Å². The second-order valence-electron chi connectivity index (χ2n) is 4.92. The molecule has 0 radical (unpaired) electrons. The summed E-state index contributed by atoms with van der Waals surface area (Å²) in [6, 6.07) is 0. The largest absolute Gasteiger partial charge is 0.0928 e. The molecule has 0 fully saturated rings. The molecule has 0 spiro atoms. The Hall–Kier alpha value is -0.0400. The van der Waals surface area contributed by atoms with Gasteiger partial charge in [-0.05, 0) is 38.5 Å². The molecule has 0 bridgehead atoms. The summed E-state index contributed by atoms with van der Waals surface area (Å²) < 4.78 is 0. The van der Waals surface area contributed by atoms with E-state index in [0.717, 1.165) is 11.8 Å². The summed E-state index contributed by atoms with van der Waals surface area (Å²) >= 11 is 3.47. The van der Waals surface area contributed by atoms with Crippen molar-refractivity contribution in [3.8, 4) is 0 Å². The van der Waals surface area contributed by atoms with Gasteiger partial charge in [0.1, 0.15) is 0 Å². The monoisotopic (exact) mass is 314 g/mol. The summed E-state index contributed by atoms with van der Waals surface area (Å²) in [7, 11) is 0. The molecular formula is C17H31Br. The Morgan fingerprint density at radius 2 is 1.22 bits per heavy atom. The van der Waals surface area contributed by atoms with Crippen molar-refractivity contribution in [1.82, 2.24) is 0 Å². The fraction of sp³-hybridized carbons (Fsp3) is 0.765. The van der Waals surface area contributed by atoms with Gasteiger partial charge in [-0.3, -0.25) is 0 Å². The van der Waals surface area contributed by atoms with E-state index in [-0.39, 0.29) is 0 Å². The average molecular weight is 315 g/mol. The van der Waals surface area contributed by atoms with Crippen LogP contribution in [0, 0.1) is 0 Å². The lowest BCUT2D eigenvalue weighted by Gasteiger charge is -1.97. The second kappa shape index (κ2) is 17.0. The average Bonchev–Trinajstić information content (AvgIpc) is 2.39. The maximum absolute atomic E-state index is 3.47. The maximum atomic E-state index is 3.47. The molecule has 0 aromatic heterocycles. The van der Waals surface area contributed by atoms with Crippen LogP contribution in [0.15, 0.2) is 24.3 Å². The predicted molar refractivity (Wildman–Crippen MR) is 88.5 cm³/mol. The van der Waals surface area contributed by atoms with Crippen molar-refractivity contribution in [3.63, 3.8) is 0 Å². The minimum atomic E-state index is 1.12. The molecule has 0 heterocycles. The van der Waals surface area contributed by atoms with E-state index in [4.69, 9.17) is 0 Å². The molecule has 0 aliphatic carbocycles. The summed E-state index contributed by atoms with van der Waals surface area (Å²) in [5, 5.41) is 1.16. The zero-order chi connectivity index (χ0) is 13.3. The summed E-state index contributed by atoms with van der Waals surface area (Å²) in [5.41, 5.74) is 0. The highest BCUT2D eigenvalue weighted by Gasteiger charge is 1.88. The zero-order valence-corrected chi connectivity index (χ0v) is 13.8. The highest BCUT2D eigenvalue weighted by molar-refractivity contribution is 9.09.